The maximum atomic E-state index is 5.68. The van der Waals surface area contributed by atoms with E-state index in [1.165, 1.54) is 0 Å². The Balaban J connectivity index is 2.61. The van der Waals surface area contributed by atoms with E-state index >= 15 is 0 Å². The molecule has 15 heavy (non-hydrogen) atoms. The van der Waals surface area contributed by atoms with Crippen LogP contribution in [0.25, 0.3) is 0 Å². The molecule has 0 spiro atoms. The maximum absolute atomic E-state index is 5.68. The summed E-state index contributed by atoms with van der Waals surface area (Å²) < 4.78 is 10.4. The Bertz CT molecular complexity index is 380. The van der Waals surface area contributed by atoms with Crippen LogP contribution < -0.4 is 5.48 Å². The Hall–Kier alpha value is -0.663. The summed E-state index contributed by atoms with van der Waals surface area (Å²) in [6.07, 6.45) is 0. The van der Waals surface area contributed by atoms with Gasteiger partial charge in [0, 0.05) is 0 Å². The first-order chi connectivity index (χ1) is 6.72. The molecule has 0 saturated heterocycles. The highest BCUT2D eigenvalue weighted by Gasteiger charge is 2.38. The molecule has 5 nitrogen and oxygen atoms in total. The minimum Gasteiger partial charge on any atom is -0.346 e. The van der Waals surface area contributed by atoms with Gasteiger partial charge in [0.05, 0.1) is 0 Å². The van der Waals surface area contributed by atoms with Crippen LogP contribution in [-0.4, -0.2) is 18.5 Å². The Morgan fingerprint density at radius 2 is 2.07 bits per heavy atom. The van der Waals surface area contributed by atoms with Crippen molar-refractivity contribution in [3.8, 4) is 0 Å². The molecule has 86 valence electrons. The van der Waals surface area contributed by atoms with Crippen LogP contribution in [0.15, 0.2) is 4.52 Å². The minimum absolute atomic E-state index is 0.139. The van der Waals surface area contributed by atoms with Gasteiger partial charge in [0.1, 0.15) is 0 Å². The van der Waals surface area contributed by atoms with Crippen molar-refractivity contribution in [2.45, 2.75) is 38.9 Å². The molecule has 0 bridgehead atoms. The van der Waals surface area contributed by atoms with Gasteiger partial charge in [-0.15, -0.1) is 0 Å². The molecule has 0 radical (unpaired) electrons. The van der Waals surface area contributed by atoms with Gasteiger partial charge in [-0.1, -0.05) is 20.8 Å². The summed E-state index contributed by atoms with van der Waals surface area (Å²) in [6, 6.07) is 0. The van der Waals surface area contributed by atoms with Gasteiger partial charge in [-0.25, -0.2) is 5.48 Å². The molecule has 1 aromatic rings. The molecule has 0 aliphatic rings. The van der Waals surface area contributed by atoms with Crippen molar-refractivity contribution in [1.82, 2.24) is 10.1 Å². The normalized spacial score (nSPS) is 12.9. The monoisotopic (exact) mass is 247 g/mol. The first kappa shape index (κ1) is 12.4. The molecule has 1 rings (SSSR count). The number of nitrogens with one attached hydrogen (secondary N) is 2. The number of hydrogen-bond acceptors (Lipinski definition) is 5. The number of aromatic nitrogens is 2. The van der Waals surface area contributed by atoms with Crippen molar-refractivity contribution in [3.63, 3.8) is 0 Å². The molecule has 0 fully saturated rings. The predicted octanol–water partition coefficient (Wildman–Crippen LogP) is 3.08. The fraction of sp³-hybridized carbons (Fsp3) is 0.750. The number of hydrogen-bond donors (Lipinski definition) is 2. The molecule has 0 atom stereocenters. The summed E-state index contributed by atoms with van der Waals surface area (Å²) in [7, 11) is -1.83. The van der Waals surface area contributed by atoms with E-state index in [1.54, 1.807) is 0 Å². The first-order valence-electron chi connectivity index (χ1n) is 4.72. The molecule has 0 aromatic carbocycles. The molecule has 0 amide bonds. The van der Waals surface area contributed by atoms with Gasteiger partial charge in [-0.2, -0.15) is 10.1 Å². The second-order valence-electron chi connectivity index (χ2n) is 4.89. The zero-order valence-corrected chi connectivity index (χ0v) is 11.5. The lowest BCUT2D eigenvalue weighted by atomic mass is 10.2. The number of rotatable bonds is 3. The van der Waals surface area contributed by atoms with Gasteiger partial charge >= 0.3 is 4.84 Å². The van der Waals surface area contributed by atoms with Crippen LogP contribution in [0, 0.1) is 4.84 Å². The minimum atomic E-state index is -1.83. The molecule has 1 aromatic heterocycles. The zero-order chi connectivity index (χ0) is 11.7. The third-order valence-corrected chi connectivity index (χ3v) is 7.05. The van der Waals surface area contributed by atoms with Crippen LogP contribution in [0.3, 0.4) is 0 Å². The number of anilines is 1. The van der Waals surface area contributed by atoms with E-state index in [0.29, 0.717) is 5.95 Å². The first-order valence-corrected chi connectivity index (χ1v) is 8.03. The molecule has 0 unspecified atom stereocenters. The molecular formula is C8H17N3O2SSi. The van der Waals surface area contributed by atoms with Crippen LogP contribution in [-0.2, 0) is 4.53 Å². The lowest BCUT2D eigenvalue weighted by Gasteiger charge is -2.34. The Morgan fingerprint density at radius 3 is 2.47 bits per heavy atom. The number of aromatic amines is 1. The fourth-order valence-electron chi connectivity index (χ4n) is 0.602. The van der Waals surface area contributed by atoms with Gasteiger partial charge in [-0.05, 0) is 30.4 Å². The highest BCUT2D eigenvalue weighted by molar-refractivity contribution is 7.71. The smallest absolute Gasteiger partial charge is 0.315 e. The van der Waals surface area contributed by atoms with E-state index < -0.39 is 8.32 Å². The molecule has 2 N–H and O–H groups in total. The maximum Gasteiger partial charge on any atom is 0.315 e. The molecule has 1 heterocycles. The Kier molecular flexibility index (Phi) is 3.36. The summed E-state index contributed by atoms with van der Waals surface area (Å²) in [4.78, 5) is 4.04. The average molecular weight is 247 g/mol. The number of nitrogens with zero attached hydrogens (tertiary/aromatic N) is 1. The van der Waals surface area contributed by atoms with Crippen LogP contribution in [0.1, 0.15) is 20.8 Å². The highest BCUT2D eigenvalue weighted by atomic mass is 32.1. The third kappa shape index (κ3) is 3.15. The van der Waals surface area contributed by atoms with Gasteiger partial charge in [0.2, 0.25) is 8.32 Å². The predicted molar refractivity (Wildman–Crippen MR) is 63.6 cm³/mol. The second-order valence-corrected chi connectivity index (χ2v) is 9.97. The van der Waals surface area contributed by atoms with E-state index in [1.807, 2.05) is 0 Å². The molecular weight excluding hydrogens is 230 g/mol. The summed E-state index contributed by atoms with van der Waals surface area (Å²) >= 11 is 4.72. The van der Waals surface area contributed by atoms with Gasteiger partial charge in [0.25, 0.3) is 5.95 Å². The Labute approximate surface area is 95.3 Å². The van der Waals surface area contributed by atoms with Gasteiger partial charge < -0.3 is 9.05 Å². The lowest BCUT2D eigenvalue weighted by molar-refractivity contribution is 0.351. The van der Waals surface area contributed by atoms with Crippen molar-refractivity contribution < 1.29 is 9.05 Å². The number of H-pyrrole nitrogens is 1. The van der Waals surface area contributed by atoms with Crippen LogP contribution in [0.5, 0.6) is 0 Å². The summed E-state index contributed by atoms with van der Waals surface area (Å²) in [5.41, 5.74) is 2.75. The van der Waals surface area contributed by atoms with E-state index in [2.05, 4.69) is 49.5 Å². The molecule has 0 aliphatic heterocycles. The summed E-state index contributed by atoms with van der Waals surface area (Å²) in [5.74, 6) is 0.407. The van der Waals surface area contributed by atoms with E-state index in [4.69, 9.17) is 21.3 Å². The van der Waals surface area contributed by atoms with E-state index in [0.717, 1.165) is 0 Å². The SMILES string of the molecule is CC(C)(C)[Si](C)(C)ONc1nc(=S)o[nH]1. The van der Waals surface area contributed by atoms with E-state index in [-0.39, 0.29) is 9.88 Å². The largest absolute Gasteiger partial charge is 0.346 e. The van der Waals surface area contributed by atoms with Crippen LogP contribution in [0.4, 0.5) is 5.95 Å². The third-order valence-electron chi connectivity index (χ3n) is 2.65. The summed E-state index contributed by atoms with van der Waals surface area (Å²) in [6.45, 7) is 10.7. The van der Waals surface area contributed by atoms with Crippen LogP contribution >= 0.6 is 12.2 Å². The fourth-order valence-corrected chi connectivity index (χ4v) is 1.39. The van der Waals surface area contributed by atoms with Gasteiger partial charge in [-0.3, -0.25) is 0 Å². The van der Waals surface area contributed by atoms with Crippen LogP contribution in [0.2, 0.25) is 18.1 Å². The van der Waals surface area contributed by atoms with Crippen molar-refractivity contribution in [3.05, 3.63) is 4.84 Å². The summed E-state index contributed by atoms with van der Waals surface area (Å²) in [5, 5.41) is 2.66. The van der Waals surface area contributed by atoms with Crippen molar-refractivity contribution in [1.29, 1.82) is 0 Å². The highest BCUT2D eigenvalue weighted by Crippen LogP contribution is 2.36. The van der Waals surface area contributed by atoms with Gasteiger partial charge in [0.15, 0.2) is 0 Å². The quantitative estimate of drug-likeness (QED) is 0.488. The Morgan fingerprint density at radius 1 is 1.47 bits per heavy atom. The molecule has 0 saturated carbocycles. The topological polar surface area (TPSA) is 63.1 Å². The van der Waals surface area contributed by atoms with E-state index in [9.17, 15) is 0 Å². The zero-order valence-electron chi connectivity index (χ0n) is 9.67. The van der Waals surface area contributed by atoms with Crippen molar-refractivity contribution in [2.75, 3.05) is 5.48 Å². The van der Waals surface area contributed by atoms with Crippen molar-refractivity contribution >= 4 is 26.5 Å². The molecule has 0 aliphatic carbocycles. The average Bonchev–Trinajstić information content (AvgIpc) is 2.46. The standard InChI is InChI=1S/C8H17N3O2SSi/c1-8(2,3)15(4,5)13-11-6-9-7(14)12-10-6/h1-5H3,(H2,9,10,11,14). The molecule has 7 heteroatoms. The lowest BCUT2D eigenvalue weighted by Crippen LogP contribution is -2.42. The van der Waals surface area contributed by atoms with Crippen molar-refractivity contribution in [2.24, 2.45) is 0 Å². The second kappa shape index (κ2) is 4.07.